The molecule has 0 radical (unpaired) electrons. The molecule has 1 saturated heterocycles. The Bertz CT molecular complexity index is 1010. The molecule has 1 aromatic carbocycles. The Morgan fingerprint density at radius 3 is 2.45 bits per heavy atom. The van der Waals surface area contributed by atoms with Crippen molar-refractivity contribution in [1.82, 2.24) is 9.72 Å². The Kier molecular flexibility index (Phi) is 5.24. The SMILES string of the molecule is Cc1cc(-n2c(C)cc(C(=O)C[NH+]3CCN(c4ccc(F)cc4)CC3)c2C)no1. The molecule has 4 rings (SSSR count). The number of benzene rings is 1. The first kappa shape index (κ1) is 19.4. The third-order valence-corrected chi connectivity index (χ3v) is 5.65. The Morgan fingerprint density at radius 1 is 1.14 bits per heavy atom. The molecule has 0 unspecified atom stereocenters. The first-order valence-electron chi connectivity index (χ1n) is 9.92. The summed E-state index contributed by atoms with van der Waals surface area (Å²) in [6.07, 6.45) is 0. The van der Waals surface area contributed by atoms with Crippen LogP contribution in [0.2, 0.25) is 0 Å². The second-order valence-corrected chi connectivity index (χ2v) is 7.73. The zero-order valence-electron chi connectivity index (χ0n) is 17.0. The van der Waals surface area contributed by atoms with E-state index in [1.165, 1.54) is 17.0 Å². The van der Waals surface area contributed by atoms with Crippen molar-refractivity contribution >= 4 is 11.5 Å². The van der Waals surface area contributed by atoms with Gasteiger partial charge in [-0.3, -0.25) is 9.36 Å². The largest absolute Gasteiger partial charge is 0.360 e. The normalized spacial score (nSPS) is 15.1. The van der Waals surface area contributed by atoms with Crippen LogP contribution < -0.4 is 9.80 Å². The molecule has 29 heavy (non-hydrogen) atoms. The monoisotopic (exact) mass is 397 g/mol. The maximum Gasteiger partial charge on any atom is 0.218 e. The van der Waals surface area contributed by atoms with Gasteiger partial charge in [-0.2, -0.15) is 0 Å². The maximum atomic E-state index is 13.1. The van der Waals surface area contributed by atoms with Gasteiger partial charge in [0, 0.05) is 28.7 Å². The van der Waals surface area contributed by atoms with Crippen molar-refractivity contribution < 1.29 is 18.6 Å². The summed E-state index contributed by atoms with van der Waals surface area (Å²) in [6, 6.07) is 10.4. The van der Waals surface area contributed by atoms with Gasteiger partial charge in [-0.15, -0.1) is 0 Å². The smallest absolute Gasteiger partial charge is 0.218 e. The Balaban J connectivity index is 1.41. The average molecular weight is 397 g/mol. The zero-order chi connectivity index (χ0) is 20.5. The minimum Gasteiger partial charge on any atom is -0.360 e. The van der Waals surface area contributed by atoms with Crippen molar-refractivity contribution in [2.24, 2.45) is 0 Å². The van der Waals surface area contributed by atoms with Crippen LogP contribution in [0, 0.1) is 26.6 Å². The molecule has 1 fully saturated rings. The van der Waals surface area contributed by atoms with Gasteiger partial charge in [-0.25, -0.2) is 4.39 Å². The molecule has 0 spiro atoms. The van der Waals surface area contributed by atoms with Gasteiger partial charge in [-0.05, 0) is 51.1 Å². The number of ketones is 1. The number of aromatic nitrogens is 2. The number of quaternary nitrogens is 1. The maximum absolute atomic E-state index is 13.1. The lowest BCUT2D eigenvalue weighted by Crippen LogP contribution is -3.15. The van der Waals surface area contributed by atoms with Crippen LogP contribution in [0.1, 0.15) is 27.5 Å². The number of rotatable bonds is 5. The quantitative estimate of drug-likeness (QED) is 0.670. The minimum absolute atomic E-state index is 0.148. The molecule has 0 bridgehead atoms. The predicted octanol–water partition coefficient (Wildman–Crippen LogP) is 2.12. The Labute approximate surface area is 169 Å². The van der Waals surface area contributed by atoms with Crippen LogP contribution in [0.15, 0.2) is 40.9 Å². The van der Waals surface area contributed by atoms with E-state index in [0.717, 1.165) is 54.6 Å². The van der Waals surface area contributed by atoms with E-state index in [4.69, 9.17) is 4.52 Å². The molecular formula is C22H26FN4O2+. The lowest BCUT2D eigenvalue weighted by molar-refractivity contribution is -0.892. The van der Waals surface area contributed by atoms with Crippen molar-refractivity contribution in [3.63, 3.8) is 0 Å². The molecule has 3 heterocycles. The molecule has 152 valence electrons. The number of halogens is 1. The van der Waals surface area contributed by atoms with Crippen LogP contribution in [0.25, 0.3) is 5.82 Å². The highest BCUT2D eigenvalue weighted by Gasteiger charge is 2.25. The summed E-state index contributed by atoms with van der Waals surface area (Å²) in [4.78, 5) is 16.5. The number of hydrogen-bond donors (Lipinski definition) is 1. The molecule has 0 amide bonds. The summed E-state index contributed by atoms with van der Waals surface area (Å²) < 4.78 is 20.3. The molecule has 1 aliphatic rings. The fourth-order valence-corrected chi connectivity index (χ4v) is 4.09. The number of nitrogens with zero attached hydrogens (tertiary/aromatic N) is 3. The van der Waals surface area contributed by atoms with E-state index in [1.54, 1.807) is 0 Å². The van der Waals surface area contributed by atoms with Gasteiger partial charge in [0.1, 0.15) is 18.1 Å². The fourth-order valence-electron chi connectivity index (χ4n) is 4.09. The summed E-state index contributed by atoms with van der Waals surface area (Å²) in [7, 11) is 0. The fraction of sp³-hybridized carbons (Fsp3) is 0.364. The van der Waals surface area contributed by atoms with E-state index in [0.29, 0.717) is 12.4 Å². The van der Waals surface area contributed by atoms with Crippen LogP contribution in [0.5, 0.6) is 0 Å². The van der Waals surface area contributed by atoms with Crippen molar-refractivity contribution in [2.75, 3.05) is 37.6 Å². The van der Waals surface area contributed by atoms with E-state index >= 15 is 0 Å². The highest BCUT2D eigenvalue weighted by atomic mass is 19.1. The first-order valence-corrected chi connectivity index (χ1v) is 9.92. The lowest BCUT2D eigenvalue weighted by atomic mass is 10.1. The minimum atomic E-state index is -0.220. The summed E-state index contributed by atoms with van der Waals surface area (Å²) in [5.41, 5.74) is 3.64. The molecular weight excluding hydrogens is 371 g/mol. The van der Waals surface area contributed by atoms with Crippen LogP contribution in [0.3, 0.4) is 0 Å². The Morgan fingerprint density at radius 2 is 1.83 bits per heavy atom. The molecule has 2 aromatic heterocycles. The summed E-state index contributed by atoms with van der Waals surface area (Å²) >= 11 is 0. The molecule has 0 saturated carbocycles. The number of aryl methyl sites for hydroxylation is 2. The number of Topliss-reactive ketones (excluding diaryl/α,β-unsaturated/α-hetero) is 1. The van der Waals surface area contributed by atoms with Gasteiger partial charge in [0.2, 0.25) is 5.78 Å². The first-order chi connectivity index (χ1) is 13.9. The number of hydrogen-bond acceptors (Lipinski definition) is 4. The standard InChI is InChI=1S/C22H25FN4O2/c1-15-12-20(17(3)27(15)22-13-16(2)29-24-22)21(28)14-25-8-10-26(11-9-25)19-6-4-18(23)5-7-19/h4-7,12-13H,8-11,14H2,1-3H3/p+1. The van der Waals surface area contributed by atoms with Crippen LogP contribution >= 0.6 is 0 Å². The number of piperazine rings is 1. The summed E-state index contributed by atoms with van der Waals surface area (Å²) in [6.45, 7) is 9.71. The second-order valence-electron chi connectivity index (χ2n) is 7.73. The third-order valence-electron chi connectivity index (χ3n) is 5.65. The Hall–Kier alpha value is -2.93. The van der Waals surface area contributed by atoms with E-state index in [2.05, 4.69) is 10.1 Å². The third kappa shape index (κ3) is 3.96. The molecule has 0 atom stereocenters. The van der Waals surface area contributed by atoms with Crippen molar-refractivity contribution in [1.29, 1.82) is 0 Å². The summed E-state index contributed by atoms with van der Waals surface area (Å²) in [5, 5.41) is 4.08. The van der Waals surface area contributed by atoms with Crippen LogP contribution in [-0.4, -0.2) is 48.2 Å². The van der Waals surface area contributed by atoms with Gasteiger partial charge in [-0.1, -0.05) is 5.16 Å². The van der Waals surface area contributed by atoms with Crippen molar-refractivity contribution in [3.8, 4) is 5.82 Å². The van der Waals surface area contributed by atoms with E-state index < -0.39 is 0 Å². The highest BCUT2D eigenvalue weighted by molar-refractivity contribution is 5.98. The van der Waals surface area contributed by atoms with Crippen molar-refractivity contribution in [2.45, 2.75) is 20.8 Å². The van der Waals surface area contributed by atoms with Gasteiger partial charge >= 0.3 is 0 Å². The highest BCUT2D eigenvalue weighted by Crippen LogP contribution is 2.21. The van der Waals surface area contributed by atoms with E-state index in [1.807, 2.05) is 49.6 Å². The second kappa shape index (κ2) is 7.83. The van der Waals surface area contributed by atoms with Gasteiger partial charge in [0.25, 0.3) is 0 Å². The average Bonchev–Trinajstić information content (AvgIpc) is 3.25. The number of carbonyl (C=O) groups excluding carboxylic acids is 1. The molecule has 1 aliphatic heterocycles. The van der Waals surface area contributed by atoms with Gasteiger partial charge in [0.15, 0.2) is 5.82 Å². The van der Waals surface area contributed by atoms with Gasteiger partial charge in [0.05, 0.1) is 26.2 Å². The van der Waals surface area contributed by atoms with E-state index in [-0.39, 0.29) is 11.6 Å². The molecule has 6 nitrogen and oxygen atoms in total. The number of anilines is 1. The van der Waals surface area contributed by atoms with E-state index in [9.17, 15) is 9.18 Å². The molecule has 1 N–H and O–H groups in total. The predicted molar refractivity (Wildman–Crippen MR) is 109 cm³/mol. The molecule has 7 heteroatoms. The van der Waals surface area contributed by atoms with Crippen molar-refractivity contribution in [3.05, 3.63) is 64.9 Å². The lowest BCUT2D eigenvalue weighted by Gasteiger charge is -2.33. The number of nitrogens with one attached hydrogen (secondary N) is 1. The van der Waals surface area contributed by atoms with Crippen LogP contribution in [0.4, 0.5) is 10.1 Å². The molecule has 0 aliphatic carbocycles. The number of carbonyl (C=O) groups is 1. The topological polar surface area (TPSA) is 55.7 Å². The van der Waals surface area contributed by atoms with Crippen LogP contribution in [-0.2, 0) is 0 Å². The summed E-state index contributed by atoms with van der Waals surface area (Å²) in [5.74, 6) is 1.37. The zero-order valence-corrected chi connectivity index (χ0v) is 17.0. The molecule has 3 aromatic rings. The van der Waals surface area contributed by atoms with Gasteiger partial charge < -0.3 is 14.3 Å².